The molecule has 2 rings (SSSR count). The summed E-state index contributed by atoms with van der Waals surface area (Å²) in [5.41, 5.74) is 1.16. The Morgan fingerprint density at radius 2 is 1.88 bits per heavy atom. The Morgan fingerprint density at radius 1 is 1.06 bits per heavy atom. The predicted molar refractivity (Wildman–Crippen MR) is 68.9 cm³/mol. The van der Waals surface area contributed by atoms with Crippen molar-refractivity contribution in [3.8, 4) is 0 Å². The van der Waals surface area contributed by atoms with Gasteiger partial charge >= 0.3 is 0 Å². The van der Waals surface area contributed by atoms with E-state index in [0.717, 1.165) is 12.2 Å². The molecule has 2 nitrogen and oxygen atoms in total. The summed E-state index contributed by atoms with van der Waals surface area (Å²) in [5.74, 6) is 0. The molecule has 0 spiro atoms. The molecule has 1 heterocycles. The molecule has 1 N–H and O–H groups in total. The summed E-state index contributed by atoms with van der Waals surface area (Å²) in [6.07, 6.45) is 0. The van der Waals surface area contributed by atoms with Crippen LogP contribution in [0.2, 0.25) is 0 Å². The number of thiophene rings is 1. The number of nitrogens with zero attached hydrogens (tertiary/aromatic N) is 1. The first-order chi connectivity index (χ1) is 7.90. The van der Waals surface area contributed by atoms with Crippen LogP contribution in [0.1, 0.15) is 4.88 Å². The lowest BCUT2D eigenvalue weighted by molar-refractivity contribution is 0.301. The predicted octanol–water partition coefficient (Wildman–Crippen LogP) is 2.75. The molecule has 0 fully saturated rings. The maximum absolute atomic E-state index is 9.09. The lowest BCUT2D eigenvalue weighted by Crippen LogP contribution is -2.25. The van der Waals surface area contributed by atoms with Crippen molar-refractivity contribution in [3.05, 3.63) is 52.7 Å². The Kier molecular flexibility index (Phi) is 3.97. The number of anilines is 1. The van der Waals surface area contributed by atoms with Gasteiger partial charge in [-0.1, -0.05) is 24.3 Å². The van der Waals surface area contributed by atoms with Crippen LogP contribution in [0.4, 0.5) is 5.69 Å². The van der Waals surface area contributed by atoms with Gasteiger partial charge in [-0.15, -0.1) is 11.3 Å². The van der Waals surface area contributed by atoms with E-state index in [0.29, 0.717) is 6.54 Å². The van der Waals surface area contributed by atoms with E-state index in [-0.39, 0.29) is 6.61 Å². The fraction of sp³-hybridized carbons (Fsp3) is 0.231. The summed E-state index contributed by atoms with van der Waals surface area (Å²) in [6, 6.07) is 14.4. The largest absolute Gasteiger partial charge is 0.395 e. The quantitative estimate of drug-likeness (QED) is 0.858. The molecule has 0 atom stereocenters. The second-order valence-electron chi connectivity index (χ2n) is 3.56. The molecule has 3 heteroatoms. The monoisotopic (exact) mass is 233 g/mol. The van der Waals surface area contributed by atoms with E-state index in [1.165, 1.54) is 4.88 Å². The maximum Gasteiger partial charge on any atom is 0.0606 e. The van der Waals surface area contributed by atoms with Crippen LogP contribution in [0.15, 0.2) is 47.8 Å². The van der Waals surface area contributed by atoms with Gasteiger partial charge < -0.3 is 10.0 Å². The van der Waals surface area contributed by atoms with Crippen molar-refractivity contribution in [3.63, 3.8) is 0 Å². The maximum atomic E-state index is 9.09. The zero-order valence-electron chi connectivity index (χ0n) is 9.04. The first kappa shape index (κ1) is 11.2. The first-order valence-electron chi connectivity index (χ1n) is 5.33. The summed E-state index contributed by atoms with van der Waals surface area (Å²) in [5, 5.41) is 11.2. The Balaban J connectivity index is 2.11. The van der Waals surface area contributed by atoms with Crippen molar-refractivity contribution in [1.82, 2.24) is 0 Å². The third kappa shape index (κ3) is 2.84. The Labute approximate surface area is 99.8 Å². The minimum Gasteiger partial charge on any atom is -0.395 e. The molecule has 0 radical (unpaired) electrons. The smallest absolute Gasteiger partial charge is 0.0606 e. The van der Waals surface area contributed by atoms with E-state index in [2.05, 4.69) is 34.5 Å². The van der Waals surface area contributed by atoms with Crippen LogP contribution in [0.5, 0.6) is 0 Å². The third-order valence-electron chi connectivity index (χ3n) is 2.42. The van der Waals surface area contributed by atoms with Crippen molar-refractivity contribution >= 4 is 17.0 Å². The lowest BCUT2D eigenvalue weighted by Gasteiger charge is -2.23. The van der Waals surface area contributed by atoms with Crippen LogP contribution in [-0.4, -0.2) is 18.3 Å². The van der Waals surface area contributed by atoms with E-state index < -0.39 is 0 Å². The van der Waals surface area contributed by atoms with Crippen molar-refractivity contribution < 1.29 is 5.11 Å². The van der Waals surface area contributed by atoms with Gasteiger partial charge in [-0.25, -0.2) is 0 Å². The Hall–Kier alpha value is -1.32. The Bertz CT molecular complexity index is 399. The molecule has 1 aromatic carbocycles. The molecular formula is C13H15NOS. The van der Waals surface area contributed by atoms with E-state index in [1.807, 2.05) is 18.2 Å². The normalized spacial score (nSPS) is 10.3. The molecule has 0 aliphatic rings. The van der Waals surface area contributed by atoms with E-state index in [4.69, 9.17) is 5.11 Å². The SMILES string of the molecule is OCCN(Cc1cccs1)c1ccccc1. The summed E-state index contributed by atoms with van der Waals surface area (Å²) in [6.45, 7) is 1.71. The van der Waals surface area contributed by atoms with Crippen LogP contribution < -0.4 is 4.90 Å². The second kappa shape index (κ2) is 5.68. The highest BCUT2D eigenvalue weighted by molar-refractivity contribution is 7.09. The van der Waals surface area contributed by atoms with E-state index >= 15 is 0 Å². The average molecular weight is 233 g/mol. The molecule has 0 bridgehead atoms. The molecule has 0 saturated heterocycles. The van der Waals surface area contributed by atoms with Crippen LogP contribution in [-0.2, 0) is 6.54 Å². The van der Waals surface area contributed by atoms with E-state index in [9.17, 15) is 0 Å². The van der Waals surface area contributed by atoms with Gasteiger partial charge in [0.2, 0.25) is 0 Å². The van der Waals surface area contributed by atoms with Crippen molar-refractivity contribution in [1.29, 1.82) is 0 Å². The number of aliphatic hydroxyl groups is 1. The zero-order chi connectivity index (χ0) is 11.2. The minimum atomic E-state index is 0.181. The van der Waals surface area contributed by atoms with Gasteiger partial charge in [-0.05, 0) is 23.6 Å². The van der Waals surface area contributed by atoms with Gasteiger partial charge in [0.1, 0.15) is 0 Å². The van der Waals surface area contributed by atoms with Gasteiger partial charge in [-0.2, -0.15) is 0 Å². The molecule has 0 amide bonds. The van der Waals surface area contributed by atoms with Crippen LogP contribution in [0, 0.1) is 0 Å². The fourth-order valence-electron chi connectivity index (χ4n) is 1.65. The number of hydrogen-bond acceptors (Lipinski definition) is 3. The highest BCUT2D eigenvalue weighted by Crippen LogP contribution is 2.18. The second-order valence-corrected chi connectivity index (χ2v) is 4.59. The molecule has 2 aromatic rings. The van der Waals surface area contributed by atoms with Crippen molar-refractivity contribution in [2.45, 2.75) is 6.54 Å². The van der Waals surface area contributed by atoms with Gasteiger partial charge in [0.25, 0.3) is 0 Å². The number of hydrogen-bond donors (Lipinski definition) is 1. The molecule has 1 aromatic heterocycles. The molecule has 84 valence electrons. The summed E-state index contributed by atoms with van der Waals surface area (Å²) in [4.78, 5) is 3.50. The number of aliphatic hydroxyl groups excluding tert-OH is 1. The highest BCUT2D eigenvalue weighted by atomic mass is 32.1. The summed E-state index contributed by atoms with van der Waals surface area (Å²) >= 11 is 1.75. The third-order valence-corrected chi connectivity index (χ3v) is 3.28. The molecule has 0 saturated carbocycles. The van der Waals surface area contributed by atoms with Gasteiger partial charge in [-0.3, -0.25) is 0 Å². The molecule has 0 aliphatic carbocycles. The summed E-state index contributed by atoms with van der Waals surface area (Å²) < 4.78 is 0. The van der Waals surface area contributed by atoms with E-state index in [1.54, 1.807) is 11.3 Å². The Morgan fingerprint density at radius 3 is 2.50 bits per heavy atom. The number of para-hydroxylation sites is 1. The fourth-order valence-corrected chi connectivity index (χ4v) is 2.37. The molecule has 0 unspecified atom stereocenters. The van der Waals surface area contributed by atoms with Crippen molar-refractivity contribution in [2.75, 3.05) is 18.1 Å². The van der Waals surface area contributed by atoms with Crippen LogP contribution >= 0.6 is 11.3 Å². The minimum absolute atomic E-state index is 0.181. The van der Waals surface area contributed by atoms with Gasteiger partial charge in [0.05, 0.1) is 13.2 Å². The van der Waals surface area contributed by atoms with Crippen LogP contribution in [0.25, 0.3) is 0 Å². The van der Waals surface area contributed by atoms with Gasteiger partial charge in [0.15, 0.2) is 0 Å². The summed E-state index contributed by atoms with van der Waals surface area (Å²) in [7, 11) is 0. The number of rotatable bonds is 5. The standard InChI is InChI=1S/C13H15NOS/c15-9-8-14(11-13-7-4-10-16-13)12-5-2-1-3-6-12/h1-7,10,15H,8-9,11H2. The topological polar surface area (TPSA) is 23.5 Å². The molecule has 0 aliphatic heterocycles. The molecular weight excluding hydrogens is 218 g/mol. The zero-order valence-corrected chi connectivity index (χ0v) is 9.86. The first-order valence-corrected chi connectivity index (χ1v) is 6.21. The average Bonchev–Trinajstić information content (AvgIpc) is 2.83. The van der Waals surface area contributed by atoms with Gasteiger partial charge in [0, 0.05) is 17.1 Å². The lowest BCUT2D eigenvalue weighted by atomic mass is 10.2. The highest BCUT2D eigenvalue weighted by Gasteiger charge is 2.06. The van der Waals surface area contributed by atoms with Crippen molar-refractivity contribution in [2.24, 2.45) is 0 Å². The number of benzene rings is 1. The van der Waals surface area contributed by atoms with Crippen LogP contribution in [0.3, 0.4) is 0 Å². The molecule has 16 heavy (non-hydrogen) atoms.